The predicted molar refractivity (Wildman–Crippen MR) is 111 cm³/mol. The highest BCUT2D eigenvalue weighted by atomic mass is 32.2. The Labute approximate surface area is 187 Å². The highest BCUT2D eigenvalue weighted by Crippen LogP contribution is 2.42. The van der Waals surface area contributed by atoms with Crippen LogP contribution in [0.25, 0.3) is 0 Å². The number of nitrogens with zero attached hydrogens (tertiary/aromatic N) is 2. The van der Waals surface area contributed by atoms with Crippen molar-refractivity contribution in [2.24, 2.45) is 0 Å². The van der Waals surface area contributed by atoms with E-state index < -0.39 is 86.0 Å². The van der Waals surface area contributed by atoms with Gasteiger partial charge in [-0.15, -0.1) is 0 Å². The Morgan fingerprint density at radius 3 is 1.12 bits per heavy atom. The van der Waals surface area contributed by atoms with Gasteiger partial charge in [0.25, 0.3) is 30.3 Å². The summed E-state index contributed by atoms with van der Waals surface area (Å²) in [5.74, 6) is 0. The van der Waals surface area contributed by atoms with Gasteiger partial charge in [-0.3, -0.25) is 9.11 Å². The van der Waals surface area contributed by atoms with Gasteiger partial charge in [0.2, 0.25) is 10.0 Å². The van der Waals surface area contributed by atoms with E-state index in [0.29, 0.717) is 18.2 Å². The van der Waals surface area contributed by atoms with E-state index in [4.69, 9.17) is 4.55 Å². The summed E-state index contributed by atoms with van der Waals surface area (Å²) in [5, 5.41) is -4.96. The number of hydrogen-bond donors (Lipinski definition) is 2. The number of piperazine rings is 1. The lowest BCUT2D eigenvalue weighted by atomic mass is 9.98. The molecule has 18 heteroatoms. The molecule has 0 saturated carbocycles. The van der Waals surface area contributed by atoms with Crippen LogP contribution in [0, 0.1) is 0 Å². The summed E-state index contributed by atoms with van der Waals surface area (Å²) in [6.07, 6.45) is 0. The highest BCUT2D eigenvalue weighted by molar-refractivity contribution is 7.94. The van der Waals surface area contributed by atoms with Crippen LogP contribution in [0.3, 0.4) is 0 Å². The highest BCUT2D eigenvalue weighted by Gasteiger charge is 2.66. The molecule has 0 spiro atoms. The van der Waals surface area contributed by atoms with Crippen molar-refractivity contribution in [1.82, 2.24) is 8.61 Å². The molecule has 2 N–H and O–H groups in total. The zero-order valence-electron chi connectivity index (χ0n) is 18.3. The average molecular weight is 551 g/mol. The van der Waals surface area contributed by atoms with Crippen molar-refractivity contribution >= 4 is 40.3 Å². The molecular formula is C14H28F2N2O10S4. The lowest BCUT2D eigenvalue weighted by Crippen LogP contribution is -2.64. The maximum atomic E-state index is 14.7. The molecule has 0 aliphatic carbocycles. The van der Waals surface area contributed by atoms with Crippen LogP contribution in [0.5, 0.6) is 0 Å². The summed E-state index contributed by atoms with van der Waals surface area (Å²) >= 11 is 0. The minimum absolute atomic E-state index is 0.201. The van der Waals surface area contributed by atoms with Crippen molar-refractivity contribution < 1.29 is 51.6 Å². The van der Waals surface area contributed by atoms with Gasteiger partial charge in [-0.25, -0.2) is 16.8 Å². The topological polar surface area (TPSA) is 183 Å². The van der Waals surface area contributed by atoms with E-state index in [1.165, 1.54) is 0 Å². The van der Waals surface area contributed by atoms with E-state index in [0.717, 1.165) is 27.7 Å². The van der Waals surface area contributed by atoms with Gasteiger partial charge in [0, 0.05) is 26.2 Å². The Hall–Kier alpha value is -0.500. The molecule has 1 aliphatic heterocycles. The molecule has 32 heavy (non-hydrogen) atoms. The van der Waals surface area contributed by atoms with Crippen LogP contribution in [0.1, 0.15) is 41.5 Å². The van der Waals surface area contributed by atoms with Crippen molar-refractivity contribution in [1.29, 1.82) is 0 Å². The standard InChI is InChI=1S/C14H28F2N2O10S4/c1-11(2,12(3,4)31(23,24)25)29(19,20)17-7-9-18(10-8-17)30(21,22)14(15,16)13(5,6)32(26,27)28/h7-10H2,1-6H3,(H,23,24,25)(H,26,27,28). The quantitative estimate of drug-likeness (QED) is 0.389. The van der Waals surface area contributed by atoms with E-state index >= 15 is 0 Å². The average Bonchev–Trinajstić information content (AvgIpc) is 2.59. The zero-order valence-corrected chi connectivity index (χ0v) is 21.5. The van der Waals surface area contributed by atoms with Gasteiger partial charge in [0.1, 0.15) is 9.49 Å². The smallest absolute Gasteiger partial charge is 0.285 e. The predicted octanol–water partition coefficient (Wildman–Crippen LogP) is -0.0322. The van der Waals surface area contributed by atoms with Crippen LogP contribution >= 0.6 is 0 Å². The first kappa shape index (κ1) is 29.5. The molecule has 0 atom stereocenters. The van der Waals surface area contributed by atoms with Crippen molar-refractivity contribution in [3.8, 4) is 0 Å². The SMILES string of the molecule is CC(C)(C(C)(C)S(=O)(=O)N1CCN(S(=O)(=O)C(F)(F)C(C)(C)S(=O)(=O)O)CC1)S(=O)(=O)O. The fraction of sp³-hybridized carbons (Fsp3) is 1.00. The van der Waals surface area contributed by atoms with E-state index in [1.807, 2.05) is 0 Å². The van der Waals surface area contributed by atoms with Gasteiger partial charge in [0.05, 0.1) is 0 Å². The molecule has 12 nitrogen and oxygen atoms in total. The lowest BCUT2D eigenvalue weighted by molar-refractivity contribution is 0.0432. The minimum atomic E-state index is -5.65. The Morgan fingerprint density at radius 1 is 0.562 bits per heavy atom. The van der Waals surface area contributed by atoms with Crippen molar-refractivity contribution in [2.75, 3.05) is 26.2 Å². The molecule has 0 unspecified atom stereocenters. The van der Waals surface area contributed by atoms with E-state index in [2.05, 4.69) is 0 Å². The fourth-order valence-electron chi connectivity index (χ4n) is 2.72. The lowest BCUT2D eigenvalue weighted by Gasteiger charge is -2.44. The Morgan fingerprint density at radius 2 is 0.844 bits per heavy atom. The molecule has 192 valence electrons. The summed E-state index contributed by atoms with van der Waals surface area (Å²) in [7, 11) is -20.5. The van der Waals surface area contributed by atoms with E-state index in [-0.39, 0.29) is 4.31 Å². The Bertz CT molecular complexity index is 1070. The molecule has 0 radical (unpaired) electrons. The molecule has 1 rings (SSSR count). The van der Waals surface area contributed by atoms with Crippen molar-refractivity contribution in [2.45, 2.75) is 61.0 Å². The molecule has 1 aliphatic rings. The number of rotatable bonds is 8. The molecule has 0 aromatic heterocycles. The molecule has 0 amide bonds. The molecule has 1 fully saturated rings. The van der Waals surface area contributed by atoms with Gasteiger partial charge in [0.15, 0.2) is 4.75 Å². The zero-order chi connectivity index (χ0) is 26.0. The van der Waals surface area contributed by atoms with Crippen molar-refractivity contribution in [3.05, 3.63) is 0 Å². The van der Waals surface area contributed by atoms with Gasteiger partial charge in [-0.1, -0.05) is 0 Å². The van der Waals surface area contributed by atoms with Crippen LogP contribution in [0.4, 0.5) is 8.78 Å². The molecule has 0 bridgehead atoms. The monoisotopic (exact) mass is 550 g/mol. The normalized spacial score (nSPS) is 19.8. The number of halogens is 2. The van der Waals surface area contributed by atoms with E-state index in [1.54, 1.807) is 0 Å². The molecule has 1 heterocycles. The van der Waals surface area contributed by atoms with E-state index in [9.17, 15) is 47.0 Å². The van der Waals surface area contributed by atoms with Crippen LogP contribution in [-0.4, -0.2) is 97.1 Å². The second-order valence-corrected chi connectivity index (χ2v) is 17.2. The third-order valence-electron chi connectivity index (χ3n) is 6.29. The second-order valence-electron chi connectivity index (χ2n) is 8.81. The summed E-state index contributed by atoms with van der Waals surface area (Å²) < 4.78 is 138. The summed E-state index contributed by atoms with van der Waals surface area (Å²) in [5.41, 5.74) is 0. The second kappa shape index (κ2) is 8.03. The third kappa shape index (κ3) is 4.20. The van der Waals surface area contributed by atoms with Crippen molar-refractivity contribution in [3.63, 3.8) is 0 Å². The molecule has 0 aromatic rings. The summed E-state index contributed by atoms with van der Waals surface area (Å²) in [6.45, 7) is 1.86. The number of alkyl halides is 2. The van der Waals surface area contributed by atoms with Crippen LogP contribution in [-0.2, 0) is 40.3 Å². The first-order valence-corrected chi connectivity index (χ1v) is 14.8. The van der Waals surface area contributed by atoms with Gasteiger partial charge in [-0.2, -0.15) is 34.2 Å². The fourth-order valence-corrected chi connectivity index (χ4v) is 8.40. The maximum absolute atomic E-state index is 14.7. The maximum Gasteiger partial charge on any atom is 0.380 e. The largest absolute Gasteiger partial charge is 0.380 e. The van der Waals surface area contributed by atoms with Crippen LogP contribution < -0.4 is 0 Å². The van der Waals surface area contributed by atoms with Gasteiger partial charge < -0.3 is 0 Å². The van der Waals surface area contributed by atoms with Gasteiger partial charge >= 0.3 is 5.25 Å². The van der Waals surface area contributed by atoms with Crippen LogP contribution in [0.15, 0.2) is 0 Å². The van der Waals surface area contributed by atoms with Crippen LogP contribution in [0.2, 0.25) is 0 Å². The number of hydrogen-bond acceptors (Lipinski definition) is 8. The molecule has 0 aromatic carbocycles. The number of sulfonamides is 2. The Kier molecular flexibility index (Phi) is 7.41. The molecule has 1 saturated heterocycles. The minimum Gasteiger partial charge on any atom is -0.285 e. The van der Waals surface area contributed by atoms with Gasteiger partial charge in [-0.05, 0) is 41.5 Å². The summed E-state index contributed by atoms with van der Waals surface area (Å²) in [4.78, 5) is 0. The third-order valence-corrected chi connectivity index (χ3v) is 14.9. The first-order chi connectivity index (χ1) is 13.7. The first-order valence-electron chi connectivity index (χ1n) is 9.02. The summed E-state index contributed by atoms with van der Waals surface area (Å²) in [6, 6.07) is 0. The Balaban J connectivity index is 3.27. The molecular weight excluding hydrogens is 522 g/mol.